The van der Waals surface area contributed by atoms with Gasteiger partial charge in [-0.25, -0.2) is 4.79 Å². The zero-order chi connectivity index (χ0) is 17.7. The fraction of sp³-hybridized carbons (Fsp3) is 0.133. The molecule has 2 aromatic rings. The molecule has 0 atom stereocenters. The lowest BCUT2D eigenvalue weighted by molar-refractivity contribution is -0.274. The molecule has 0 heterocycles. The van der Waals surface area contributed by atoms with Crippen LogP contribution in [0.25, 0.3) is 0 Å². The quantitative estimate of drug-likeness (QED) is 0.758. The number of benzene rings is 2. The Balaban J connectivity index is 2.08. The van der Waals surface area contributed by atoms with Crippen LogP contribution in [0.5, 0.6) is 5.75 Å². The highest BCUT2D eigenvalue weighted by Gasteiger charge is 2.31. The van der Waals surface area contributed by atoms with Crippen molar-refractivity contribution in [2.45, 2.75) is 13.0 Å². The number of amides is 2. The number of carbonyl (C=O) groups excluding carboxylic acids is 1. The molecule has 0 aliphatic carbocycles. The van der Waals surface area contributed by atoms with Crippen LogP contribution in [0.15, 0.2) is 42.5 Å². The van der Waals surface area contributed by atoms with Crippen molar-refractivity contribution >= 4 is 29.0 Å². The molecule has 2 aromatic carbocycles. The van der Waals surface area contributed by atoms with Crippen LogP contribution in [0, 0.1) is 0 Å². The summed E-state index contributed by atoms with van der Waals surface area (Å²) in [6, 6.07) is 8.65. The minimum Gasteiger partial charge on any atom is -0.406 e. The maximum absolute atomic E-state index is 12.2. The van der Waals surface area contributed by atoms with Gasteiger partial charge in [0.05, 0.1) is 6.61 Å². The summed E-state index contributed by atoms with van der Waals surface area (Å²) in [6.07, 6.45) is -4.82. The lowest BCUT2D eigenvalue weighted by Crippen LogP contribution is -2.21. The Morgan fingerprint density at radius 3 is 2.58 bits per heavy atom. The molecule has 2 amide bonds. The van der Waals surface area contributed by atoms with Crippen LogP contribution in [0.2, 0.25) is 5.02 Å². The summed E-state index contributed by atoms with van der Waals surface area (Å²) in [5.74, 6) is -0.459. The van der Waals surface area contributed by atoms with Crippen LogP contribution < -0.4 is 15.4 Å². The number of anilines is 2. The molecule has 0 aliphatic heterocycles. The van der Waals surface area contributed by atoms with Gasteiger partial charge in [0, 0.05) is 28.0 Å². The van der Waals surface area contributed by atoms with E-state index in [-0.39, 0.29) is 18.0 Å². The number of hydrogen-bond acceptors (Lipinski definition) is 3. The smallest absolute Gasteiger partial charge is 0.406 e. The van der Waals surface area contributed by atoms with E-state index in [1.807, 2.05) is 0 Å². The molecule has 0 aliphatic rings. The third-order valence-corrected chi connectivity index (χ3v) is 3.05. The van der Waals surface area contributed by atoms with Crippen molar-refractivity contribution in [1.82, 2.24) is 0 Å². The van der Waals surface area contributed by atoms with E-state index < -0.39 is 18.1 Å². The average Bonchev–Trinajstić information content (AvgIpc) is 2.46. The second kappa shape index (κ2) is 7.41. The SMILES string of the molecule is O=C(Nc1cccc(OC(F)(F)F)c1)Nc1cc(Cl)ccc1CO. The Morgan fingerprint density at radius 2 is 1.92 bits per heavy atom. The Kier molecular flexibility index (Phi) is 5.53. The summed E-state index contributed by atoms with van der Waals surface area (Å²) >= 11 is 5.82. The lowest BCUT2D eigenvalue weighted by Gasteiger charge is -2.13. The molecule has 128 valence electrons. The number of ether oxygens (including phenoxy) is 1. The average molecular weight is 361 g/mol. The monoisotopic (exact) mass is 360 g/mol. The number of urea groups is 1. The van der Waals surface area contributed by atoms with Crippen molar-refractivity contribution < 1.29 is 27.8 Å². The normalized spacial score (nSPS) is 11.0. The summed E-state index contributed by atoms with van der Waals surface area (Å²) in [7, 11) is 0. The largest absolute Gasteiger partial charge is 0.573 e. The van der Waals surface area contributed by atoms with E-state index in [1.54, 1.807) is 6.07 Å². The minimum atomic E-state index is -4.82. The summed E-state index contributed by atoms with van der Waals surface area (Å²) in [5.41, 5.74) is 0.815. The van der Waals surface area contributed by atoms with Gasteiger partial charge < -0.3 is 20.5 Å². The van der Waals surface area contributed by atoms with E-state index >= 15 is 0 Å². The van der Waals surface area contributed by atoms with Crippen molar-refractivity contribution in [3.63, 3.8) is 0 Å². The first kappa shape index (κ1) is 17.9. The Bertz CT molecular complexity index is 738. The number of rotatable bonds is 4. The molecule has 0 saturated carbocycles. The first-order chi connectivity index (χ1) is 11.3. The molecule has 2 rings (SSSR count). The summed E-state index contributed by atoms with van der Waals surface area (Å²) < 4.78 is 40.3. The van der Waals surface area contributed by atoms with E-state index in [2.05, 4.69) is 15.4 Å². The molecule has 0 fully saturated rings. The Hall–Kier alpha value is -2.45. The van der Waals surface area contributed by atoms with E-state index in [1.165, 1.54) is 24.3 Å². The zero-order valence-electron chi connectivity index (χ0n) is 12.0. The van der Waals surface area contributed by atoms with Gasteiger partial charge in [0.2, 0.25) is 0 Å². The predicted molar refractivity (Wildman–Crippen MR) is 83.1 cm³/mol. The van der Waals surface area contributed by atoms with E-state index in [9.17, 15) is 23.1 Å². The highest BCUT2D eigenvalue weighted by Crippen LogP contribution is 2.25. The molecule has 0 saturated heterocycles. The molecule has 0 unspecified atom stereocenters. The van der Waals surface area contributed by atoms with E-state index in [4.69, 9.17) is 11.6 Å². The van der Waals surface area contributed by atoms with Crippen LogP contribution in [-0.4, -0.2) is 17.5 Å². The highest BCUT2D eigenvalue weighted by molar-refractivity contribution is 6.31. The molecule has 0 radical (unpaired) electrons. The Morgan fingerprint density at radius 1 is 1.17 bits per heavy atom. The summed E-state index contributed by atoms with van der Waals surface area (Å²) in [6.45, 7) is -0.318. The standard InChI is InChI=1S/C15H12ClF3N2O3/c16-10-5-4-9(8-22)13(6-10)21-14(23)20-11-2-1-3-12(7-11)24-15(17,18)19/h1-7,22H,8H2,(H2,20,21,23). The van der Waals surface area contributed by atoms with Gasteiger partial charge >= 0.3 is 12.4 Å². The van der Waals surface area contributed by atoms with Crippen molar-refractivity contribution in [3.05, 3.63) is 53.1 Å². The molecular weight excluding hydrogens is 349 g/mol. The number of alkyl halides is 3. The van der Waals surface area contributed by atoms with Crippen molar-refractivity contribution in [2.75, 3.05) is 10.6 Å². The molecule has 0 aromatic heterocycles. The molecule has 9 heteroatoms. The van der Waals surface area contributed by atoms with Gasteiger partial charge in [0.1, 0.15) is 5.75 Å². The molecule has 0 spiro atoms. The van der Waals surface area contributed by atoms with Crippen molar-refractivity contribution in [1.29, 1.82) is 0 Å². The number of halogens is 4. The molecule has 24 heavy (non-hydrogen) atoms. The topological polar surface area (TPSA) is 70.6 Å². The number of hydrogen-bond donors (Lipinski definition) is 3. The van der Waals surface area contributed by atoms with E-state index in [0.717, 1.165) is 12.1 Å². The fourth-order valence-electron chi connectivity index (χ4n) is 1.86. The van der Waals surface area contributed by atoms with Gasteiger partial charge in [-0.05, 0) is 24.3 Å². The zero-order valence-corrected chi connectivity index (χ0v) is 12.8. The van der Waals surface area contributed by atoms with Gasteiger partial charge in [-0.1, -0.05) is 23.7 Å². The third-order valence-electron chi connectivity index (χ3n) is 2.82. The number of aliphatic hydroxyl groups is 1. The minimum absolute atomic E-state index is 0.0989. The summed E-state index contributed by atoms with van der Waals surface area (Å²) in [5, 5.41) is 14.4. The van der Waals surface area contributed by atoms with Crippen molar-refractivity contribution in [2.24, 2.45) is 0 Å². The van der Waals surface area contributed by atoms with Crippen molar-refractivity contribution in [3.8, 4) is 5.75 Å². The van der Waals surface area contributed by atoms with Gasteiger partial charge in [-0.3, -0.25) is 0 Å². The number of aliphatic hydroxyl groups excluding tert-OH is 1. The lowest BCUT2D eigenvalue weighted by atomic mass is 10.2. The van der Waals surface area contributed by atoms with Crippen LogP contribution >= 0.6 is 11.6 Å². The van der Waals surface area contributed by atoms with Crippen LogP contribution in [0.4, 0.5) is 29.3 Å². The van der Waals surface area contributed by atoms with Gasteiger partial charge in [-0.15, -0.1) is 13.2 Å². The maximum Gasteiger partial charge on any atom is 0.573 e. The second-order valence-corrected chi connectivity index (χ2v) is 5.05. The fourth-order valence-corrected chi connectivity index (χ4v) is 2.03. The maximum atomic E-state index is 12.2. The number of nitrogens with one attached hydrogen (secondary N) is 2. The van der Waals surface area contributed by atoms with Gasteiger partial charge in [-0.2, -0.15) is 0 Å². The van der Waals surface area contributed by atoms with Crippen LogP contribution in [0.1, 0.15) is 5.56 Å². The van der Waals surface area contributed by atoms with Crippen LogP contribution in [-0.2, 0) is 6.61 Å². The highest BCUT2D eigenvalue weighted by atomic mass is 35.5. The third kappa shape index (κ3) is 5.32. The molecule has 3 N–H and O–H groups in total. The first-order valence-electron chi connectivity index (χ1n) is 6.60. The van der Waals surface area contributed by atoms with Gasteiger partial charge in [0.25, 0.3) is 0 Å². The molecule has 0 bridgehead atoms. The second-order valence-electron chi connectivity index (χ2n) is 4.61. The summed E-state index contributed by atoms with van der Waals surface area (Å²) in [4.78, 5) is 11.9. The van der Waals surface area contributed by atoms with Crippen LogP contribution in [0.3, 0.4) is 0 Å². The van der Waals surface area contributed by atoms with Gasteiger partial charge in [0.15, 0.2) is 0 Å². The molecule has 5 nitrogen and oxygen atoms in total. The predicted octanol–water partition coefficient (Wildman–Crippen LogP) is 4.37. The molecular formula is C15H12ClF3N2O3. The number of carbonyl (C=O) groups is 1. The Labute approximate surface area is 140 Å². The first-order valence-corrected chi connectivity index (χ1v) is 6.98. The van der Waals surface area contributed by atoms with E-state index in [0.29, 0.717) is 10.6 Å².